The number of hydrogen-bond acceptors (Lipinski definition) is 4. The molecule has 4 rings (SSSR count). The molecule has 2 aliphatic rings. The Hall–Kier alpha value is -2.89. The van der Waals surface area contributed by atoms with Gasteiger partial charge in [-0.15, -0.1) is 0 Å². The van der Waals surface area contributed by atoms with Gasteiger partial charge < -0.3 is 14.5 Å². The van der Waals surface area contributed by atoms with Gasteiger partial charge in [-0.2, -0.15) is 0 Å². The van der Waals surface area contributed by atoms with Gasteiger partial charge in [0.1, 0.15) is 5.75 Å². The standard InChI is InChI=1S/C25H31N3O3/c1-19-10-15-27(16-11-19)24(29)21-4-6-23(7-5-21)31-18-20-3-2-14-28(17-20)25(30)22-8-12-26-13-9-22/h4-9,12-13,19-20H,2-3,10-11,14-18H2,1H3. The van der Waals surface area contributed by atoms with Gasteiger partial charge in [0.25, 0.3) is 11.8 Å². The number of amides is 2. The molecule has 6 nitrogen and oxygen atoms in total. The number of ether oxygens (including phenoxy) is 1. The molecule has 0 bridgehead atoms. The van der Waals surface area contributed by atoms with Crippen molar-refractivity contribution in [1.29, 1.82) is 0 Å². The summed E-state index contributed by atoms with van der Waals surface area (Å²) in [5.41, 5.74) is 1.40. The van der Waals surface area contributed by atoms with Crippen molar-refractivity contribution in [3.63, 3.8) is 0 Å². The van der Waals surface area contributed by atoms with Crippen LogP contribution in [0.25, 0.3) is 0 Å². The average Bonchev–Trinajstić information content (AvgIpc) is 2.83. The molecule has 2 aliphatic heterocycles. The summed E-state index contributed by atoms with van der Waals surface area (Å²) in [5.74, 6) is 1.94. The van der Waals surface area contributed by atoms with Gasteiger partial charge in [0.15, 0.2) is 0 Å². The molecule has 0 N–H and O–H groups in total. The number of hydrogen-bond donors (Lipinski definition) is 0. The molecule has 164 valence electrons. The Balaban J connectivity index is 1.28. The van der Waals surface area contributed by atoms with Crippen molar-refractivity contribution in [2.45, 2.75) is 32.6 Å². The van der Waals surface area contributed by atoms with E-state index in [1.54, 1.807) is 24.5 Å². The normalized spacial score (nSPS) is 19.8. The molecule has 0 spiro atoms. The summed E-state index contributed by atoms with van der Waals surface area (Å²) >= 11 is 0. The number of likely N-dealkylation sites (tertiary alicyclic amines) is 2. The lowest BCUT2D eigenvalue weighted by molar-refractivity contribution is 0.0633. The van der Waals surface area contributed by atoms with Gasteiger partial charge in [-0.25, -0.2) is 0 Å². The first-order valence-corrected chi connectivity index (χ1v) is 11.3. The zero-order chi connectivity index (χ0) is 21.6. The molecule has 0 radical (unpaired) electrons. The third-order valence-electron chi connectivity index (χ3n) is 6.39. The highest BCUT2D eigenvalue weighted by Gasteiger charge is 2.25. The first kappa shape index (κ1) is 21.3. The molecule has 1 atom stereocenters. The number of benzene rings is 1. The van der Waals surface area contributed by atoms with E-state index in [1.807, 2.05) is 34.1 Å². The van der Waals surface area contributed by atoms with Crippen LogP contribution >= 0.6 is 0 Å². The van der Waals surface area contributed by atoms with Crippen molar-refractivity contribution in [2.75, 3.05) is 32.8 Å². The van der Waals surface area contributed by atoms with Crippen LogP contribution < -0.4 is 4.74 Å². The van der Waals surface area contributed by atoms with Crippen LogP contribution in [0.1, 0.15) is 53.3 Å². The SMILES string of the molecule is CC1CCN(C(=O)c2ccc(OCC3CCCN(C(=O)c4ccncc4)C3)cc2)CC1. The molecule has 6 heteroatoms. The molecule has 1 unspecified atom stereocenters. The maximum Gasteiger partial charge on any atom is 0.253 e. The monoisotopic (exact) mass is 421 g/mol. The van der Waals surface area contributed by atoms with Crippen molar-refractivity contribution in [2.24, 2.45) is 11.8 Å². The number of carbonyl (C=O) groups excluding carboxylic acids is 2. The van der Waals surface area contributed by atoms with Crippen molar-refractivity contribution in [1.82, 2.24) is 14.8 Å². The lowest BCUT2D eigenvalue weighted by Gasteiger charge is -2.32. The van der Waals surface area contributed by atoms with Crippen LogP contribution in [0.4, 0.5) is 0 Å². The molecule has 1 aromatic heterocycles. The van der Waals surface area contributed by atoms with Crippen LogP contribution in [0.2, 0.25) is 0 Å². The minimum absolute atomic E-state index is 0.0575. The van der Waals surface area contributed by atoms with E-state index in [9.17, 15) is 9.59 Å². The second-order valence-electron chi connectivity index (χ2n) is 8.81. The lowest BCUT2D eigenvalue weighted by atomic mass is 9.98. The summed E-state index contributed by atoms with van der Waals surface area (Å²) in [4.78, 5) is 33.2. The van der Waals surface area contributed by atoms with Gasteiger partial charge in [-0.3, -0.25) is 14.6 Å². The first-order valence-electron chi connectivity index (χ1n) is 11.3. The highest BCUT2D eigenvalue weighted by atomic mass is 16.5. The topological polar surface area (TPSA) is 62.7 Å². The van der Waals surface area contributed by atoms with Gasteiger partial charge in [-0.1, -0.05) is 6.92 Å². The van der Waals surface area contributed by atoms with E-state index >= 15 is 0 Å². The number of carbonyl (C=O) groups is 2. The fourth-order valence-electron chi connectivity index (χ4n) is 4.36. The predicted octanol–water partition coefficient (Wildman–Crippen LogP) is 3.88. The second-order valence-corrected chi connectivity index (χ2v) is 8.81. The highest BCUT2D eigenvalue weighted by molar-refractivity contribution is 5.94. The average molecular weight is 422 g/mol. The van der Waals surface area contributed by atoms with Crippen LogP contribution in [-0.2, 0) is 0 Å². The Morgan fingerprint density at radius 1 is 0.903 bits per heavy atom. The third kappa shape index (κ3) is 5.43. The summed E-state index contributed by atoms with van der Waals surface area (Å²) in [5, 5.41) is 0. The van der Waals surface area contributed by atoms with Crippen LogP contribution in [-0.4, -0.2) is 59.4 Å². The number of aromatic nitrogens is 1. The Bertz CT molecular complexity index is 877. The minimum Gasteiger partial charge on any atom is -0.493 e. The van der Waals surface area contributed by atoms with Gasteiger partial charge in [0, 0.05) is 55.6 Å². The number of piperidine rings is 2. The van der Waals surface area contributed by atoms with E-state index in [0.29, 0.717) is 36.1 Å². The number of rotatable bonds is 5. The lowest BCUT2D eigenvalue weighted by Crippen LogP contribution is -2.41. The zero-order valence-electron chi connectivity index (χ0n) is 18.2. The summed E-state index contributed by atoms with van der Waals surface area (Å²) in [6.45, 7) is 5.98. The first-order chi connectivity index (χ1) is 15.1. The smallest absolute Gasteiger partial charge is 0.253 e. The van der Waals surface area contributed by atoms with E-state index < -0.39 is 0 Å². The maximum atomic E-state index is 12.7. The third-order valence-corrected chi connectivity index (χ3v) is 6.39. The molecule has 2 fully saturated rings. The minimum atomic E-state index is 0.0575. The Labute approximate surface area is 184 Å². The van der Waals surface area contributed by atoms with Gasteiger partial charge in [0.05, 0.1) is 6.61 Å². The molecule has 1 aromatic carbocycles. The number of pyridine rings is 1. The van der Waals surface area contributed by atoms with Crippen molar-refractivity contribution in [3.8, 4) is 5.75 Å². The van der Waals surface area contributed by atoms with Gasteiger partial charge in [0.2, 0.25) is 0 Å². The van der Waals surface area contributed by atoms with E-state index in [2.05, 4.69) is 11.9 Å². The van der Waals surface area contributed by atoms with Gasteiger partial charge in [-0.05, 0) is 68.0 Å². The largest absolute Gasteiger partial charge is 0.493 e. The van der Waals surface area contributed by atoms with Crippen LogP contribution in [0, 0.1) is 11.8 Å². The predicted molar refractivity (Wildman–Crippen MR) is 119 cm³/mol. The van der Waals surface area contributed by atoms with Crippen LogP contribution in [0.5, 0.6) is 5.75 Å². The molecule has 0 saturated carbocycles. The molecule has 0 aliphatic carbocycles. The molecule has 3 heterocycles. The number of nitrogens with zero attached hydrogens (tertiary/aromatic N) is 3. The summed E-state index contributed by atoms with van der Waals surface area (Å²) < 4.78 is 6.00. The van der Waals surface area contributed by atoms with Crippen molar-refractivity contribution in [3.05, 3.63) is 59.9 Å². The quantitative estimate of drug-likeness (QED) is 0.735. The molecular weight excluding hydrogens is 390 g/mol. The Kier molecular flexibility index (Phi) is 6.85. The van der Waals surface area contributed by atoms with E-state index in [-0.39, 0.29) is 11.8 Å². The summed E-state index contributed by atoms with van der Waals surface area (Å²) in [6, 6.07) is 11.0. The summed E-state index contributed by atoms with van der Waals surface area (Å²) in [6.07, 6.45) is 7.48. The Morgan fingerprint density at radius 3 is 2.26 bits per heavy atom. The van der Waals surface area contributed by atoms with Crippen molar-refractivity contribution >= 4 is 11.8 Å². The second kappa shape index (κ2) is 9.94. The molecule has 2 saturated heterocycles. The zero-order valence-corrected chi connectivity index (χ0v) is 18.2. The fraction of sp³-hybridized carbons (Fsp3) is 0.480. The molecule has 31 heavy (non-hydrogen) atoms. The molecular formula is C25H31N3O3. The molecule has 2 amide bonds. The van der Waals surface area contributed by atoms with Gasteiger partial charge >= 0.3 is 0 Å². The van der Waals surface area contributed by atoms with Crippen LogP contribution in [0.3, 0.4) is 0 Å². The van der Waals surface area contributed by atoms with E-state index in [1.165, 1.54) is 0 Å². The fourth-order valence-corrected chi connectivity index (χ4v) is 4.36. The highest BCUT2D eigenvalue weighted by Crippen LogP contribution is 2.22. The van der Waals surface area contributed by atoms with Crippen molar-refractivity contribution < 1.29 is 14.3 Å². The Morgan fingerprint density at radius 2 is 1.55 bits per heavy atom. The molecule has 2 aromatic rings. The van der Waals surface area contributed by atoms with Crippen LogP contribution in [0.15, 0.2) is 48.8 Å². The summed E-state index contributed by atoms with van der Waals surface area (Å²) in [7, 11) is 0. The van der Waals surface area contributed by atoms with E-state index in [0.717, 1.165) is 51.1 Å². The van der Waals surface area contributed by atoms with E-state index in [4.69, 9.17) is 4.74 Å². The maximum absolute atomic E-state index is 12.7.